The number of likely N-dealkylation sites (tertiary alicyclic amines) is 1. The molecule has 0 atom stereocenters. The number of halogens is 5. The minimum atomic E-state index is -4.70. The van der Waals surface area contributed by atoms with Crippen molar-refractivity contribution in [1.82, 2.24) is 24.8 Å². The van der Waals surface area contributed by atoms with Crippen LogP contribution in [0.15, 0.2) is 55.1 Å². The molecule has 4 N–H and O–H groups in total. The SMILES string of the molecule is C=C(F)C(=O)Nc1ccc(-c2c(-c3cnc(C(=O)NCC(F)(F)F)c(F)c3)c3c(N)ncc(C#CCOC4CCN(C)CC4)c3n2C)cc1. The molecule has 0 aliphatic carbocycles. The van der Waals surface area contributed by atoms with Gasteiger partial charge in [-0.1, -0.05) is 30.6 Å². The van der Waals surface area contributed by atoms with Gasteiger partial charge in [0.25, 0.3) is 11.8 Å². The molecule has 4 aromatic rings. The van der Waals surface area contributed by atoms with Gasteiger partial charge in [0.15, 0.2) is 17.3 Å². The fourth-order valence-electron chi connectivity index (χ4n) is 5.58. The zero-order chi connectivity index (χ0) is 35.5. The third-order valence-electron chi connectivity index (χ3n) is 7.98. The summed E-state index contributed by atoms with van der Waals surface area (Å²) in [6.07, 6.45) is -0.155. The number of aromatic nitrogens is 3. The van der Waals surface area contributed by atoms with Gasteiger partial charge in [-0.15, -0.1) is 0 Å². The Morgan fingerprint density at radius 1 is 1.10 bits per heavy atom. The normalized spacial score (nSPS) is 13.9. The minimum Gasteiger partial charge on any atom is -0.383 e. The zero-order valence-corrected chi connectivity index (χ0v) is 26.5. The fraction of sp³-hybridized carbons (Fsp3) is 0.294. The number of hydrogen-bond donors (Lipinski definition) is 3. The van der Waals surface area contributed by atoms with E-state index in [4.69, 9.17) is 10.5 Å². The molecule has 0 radical (unpaired) electrons. The lowest BCUT2D eigenvalue weighted by Crippen LogP contribution is -2.34. The molecule has 0 saturated carbocycles. The molecule has 2 amide bonds. The van der Waals surface area contributed by atoms with Gasteiger partial charge in [0.05, 0.1) is 28.3 Å². The fourth-order valence-corrected chi connectivity index (χ4v) is 5.58. The Balaban J connectivity index is 1.59. The number of carbonyl (C=O) groups is 2. The van der Waals surface area contributed by atoms with Gasteiger partial charge >= 0.3 is 6.18 Å². The number of amides is 2. The summed E-state index contributed by atoms with van der Waals surface area (Å²) < 4.78 is 74.3. The van der Waals surface area contributed by atoms with Crippen LogP contribution in [0.2, 0.25) is 0 Å². The highest BCUT2D eigenvalue weighted by Gasteiger charge is 2.29. The summed E-state index contributed by atoms with van der Waals surface area (Å²) in [6.45, 7) is 3.36. The van der Waals surface area contributed by atoms with Gasteiger partial charge in [0.2, 0.25) is 0 Å². The van der Waals surface area contributed by atoms with E-state index in [2.05, 4.69) is 45.7 Å². The standard InChI is InChI=1S/C34H32F5N7O3/c1-19(35)32(47)44-23-8-6-20(7-9-23)29-26(22-15-25(36)28(41-17-22)33(48)43-18-34(37,38)39)27-30(46(29)3)21(16-42-31(27)40)5-4-14-49-24-10-12-45(2)13-11-24/h6-9,15-17,24H,1,10-14,18H2,2-3H3,(H2,40,42)(H,43,48)(H,44,47). The number of nitrogens with one attached hydrogen (secondary N) is 2. The molecule has 1 aliphatic heterocycles. The summed E-state index contributed by atoms with van der Waals surface area (Å²) in [5.74, 6) is 1.52. The first-order chi connectivity index (χ1) is 23.2. The quantitative estimate of drug-likeness (QED) is 0.133. The number of nitrogen functional groups attached to an aromatic ring is 1. The van der Waals surface area contributed by atoms with Crippen molar-refractivity contribution in [1.29, 1.82) is 0 Å². The molecule has 15 heteroatoms. The second-order valence-electron chi connectivity index (χ2n) is 11.5. The van der Waals surface area contributed by atoms with Crippen molar-refractivity contribution in [2.75, 3.05) is 44.3 Å². The topological polar surface area (TPSA) is 127 Å². The highest BCUT2D eigenvalue weighted by molar-refractivity contribution is 6.11. The Morgan fingerprint density at radius 2 is 1.80 bits per heavy atom. The van der Waals surface area contributed by atoms with Crippen LogP contribution in [0, 0.1) is 17.7 Å². The van der Waals surface area contributed by atoms with Gasteiger partial charge < -0.3 is 30.6 Å². The maximum atomic E-state index is 15.4. The molecule has 1 aliphatic rings. The minimum absolute atomic E-state index is 0.0673. The number of nitrogens with two attached hydrogens (primary N) is 1. The zero-order valence-electron chi connectivity index (χ0n) is 26.5. The van der Waals surface area contributed by atoms with E-state index in [9.17, 15) is 27.2 Å². The second kappa shape index (κ2) is 14.4. The Hall–Kier alpha value is -5.33. The van der Waals surface area contributed by atoms with Crippen molar-refractivity contribution >= 4 is 34.2 Å². The lowest BCUT2D eigenvalue weighted by molar-refractivity contribution is -0.123. The van der Waals surface area contributed by atoms with E-state index in [1.165, 1.54) is 18.3 Å². The Kier molecular flexibility index (Phi) is 10.3. The molecule has 256 valence electrons. The van der Waals surface area contributed by atoms with Crippen molar-refractivity contribution in [2.24, 2.45) is 7.05 Å². The molecule has 0 spiro atoms. The Bertz CT molecular complexity index is 1970. The molecule has 0 unspecified atom stereocenters. The number of rotatable bonds is 8. The first-order valence-electron chi connectivity index (χ1n) is 15.1. The number of benzene rings is 1. The van der Waals surface area contributed by atoms with Gasteiger partial charge in [-0.2, -0.15) is 13.2 Å². The van der Waals surface area contributed by atoms with Crippen molar-refractivity contribution in [3.8, 4) is 34.2 Å². The third kappa shape index (κ3) is 8.04. The number of carbonyl (C=O) groups excluding carboxylic acids is 2. The molecule has 1 fully saturated rings. The van der Waals surface area contributed by atoms with Crippen molar-refractivity contribution in [2.45, 2.75) is 25.1 Å². The number of pyridine rings is 2. The number of nitrogens with zero attached hydrogens (tertiary/aromatic N) is 4. The van der Waals surface area contributed by atoms with Crippen LogP contribution in [0.4, 0.5) is 33.5 Å². The van der Waals surface area contributed by atoms with E-state index in [1.807, 2.05) is 0 Å². The second-order valence-corrected chi connectivity index (χ2v) is 11.5. The van der Waals surface area contributed by atoms with Gasteiger partial charge in [0, 0.05) is 49.3 Å². The number of ether oxygens (including phenoxy) is 1. The van der Waals surface area contributed by atoms with Crippen molar-refractivity contribution < 1.29 is 36.3 Å². The summed E-state index contributed by atoms with van der Waals surface area (Å²) >= 11 is 0. The first-order valence-corrected chi connectivity index (χ1v) is 15.1. The number of fused-ring (bicyclic) bond motifs is 1. The van der Waals surface area contributed by atoms with Crippen LogP contribution in [0.1, 0.15) is 28.9 Å². The molecule has 4 heterocycles. The summed E-state index contributed by atoms with van der Waals surface area (Å²) in [6, 6.07) is 7.27. The van der Waals surface area contributed by atoms with Crippen LogP contribution in [0.5, 0.6) is 0 Å². The predicted molar refractivity (Wildman–Crippen MR) is 174 cm³/mol. The molecule has 0 bridgehead atoms. The molecule has 1 saturated heterocycles. The highest BCUT2D eigenvalue weighted by Crippen LogP contribution is 2.43. The van der Waals surface area contributed by atoms with Crippen molar-refractivity contribution in [3.05, 3.63) is 72.2 Å². The van der Waals surface area contributed by atoms with Gasteiger partial charge in [-0.25, -0.2) is 18.7 Å². The monoisotopic (exact) mass is 681 g/mol. The molecule has 5 rings (SSSR count). The van der Waals surface area contributed by atoms with Crippen LogP contribution in [0.25, 0.3) is 33.3 Å². The molecule has 10 nitrogen and oxygen atoms in total. The summed E-state index contributed by atoms with van der Waals surface area (Å²) in [4.78, 5) is 34.6. The van der Waals surface area contributed by atoms with Crippen LogP contribution >= 0.6 is 0 Å². The summed E-state index contributed by atoms with van der Waals surface area (Å²) in [5, 5.41) is 4.36. The summed E-state index contributed by atoms with van der Waals surface area (Å²) in [5.41, 5.74) is 8.37. The van der Waals surface area contributed by atoms with Gasteiger partial charge in [-0.05, 0) is 43.7 Å². The van der Waals surface area contributed by atoms with Crippen LogP contribution in [0.3, 0.4) is 0 Å². The lowest BCUT2D eigenvalue weighted by atomic mass is 9.98. The highest BCUT2D eigenvalue weighted by atomic mass is 19.4. The van der Waals surface area contributed by atoms with Gasteiger partial charge in [-0.3, -0.25) is 9.59 Å². The molecular formula is C34H32F5N7O3. The van der Waals surface area contributed by atoms with Gasteiger partial charge in [0.1, 0.15) is 19.0 Å². The maximum Gasteiger partial charge on any atom is 0.405 e. The van der Waals surface area contributed by atoms with E-state index >= 15 is 4.39 Å². The Morgan fingerprint density at radius 3 is 2.43 bits per heavy atom. The predicted octanol–water partition coefficient (Wildman–Crippen LogP) is 5.20. The number of piperidine rings is 1. The van der Waals surface area contributed by atoms with Crippen LogP contribution in [-0.4, -0.2) is 76.8 Å². The summed E-state index contributed by atoms with van der Waals surface area (Å²) in [7, 11) is 3.79. The average molecular weight is 682 g/mol. The number of alkyl halides is 3. The van der Waals surface area contributed by atoms with Crippen LogP contribution in [-0.2, 0) is 16.6 Å². The molecule has 3 aromatic heterocycles. The number of hydrogen-bond acceptors (Lipinski definition) is 7. The van der Waals surface area contributed by atoms with E-state index < -0.39 is 41.9 Å². The van der Waals surface area contributed by atoms with E-state index in [1.54, 1.807) is 29.1 Å². The number of aryl methyl sites for hydroxylation is 1. The molecule has 1 aromatic carbocycles. The third-order valence-corrected chi connectivity index (χ3v) is 7.98. The van der Waals surface area contributed by atoms with Crippen LogP contribution < -0.4 is 16.4 Å². The van der Waals surface area contributed by atoms with E-state index in [-0.39, 0.29) is 29.8 Å². The Labute approximate surface area is 278 Å². The number of anilines is 2. The molecule has 49 heavy (non-hydrogen) atoms. The van der Waals surface area contributed by atoms with E-state index in [0.29, 0.717) is 33.3 Å². The largest absolute Gasteiger partial charge is 0.405 e. The smallest absolute Gasteiger partial charge is 0.383 e. The maximum absolute atomic E-state index is 15.4. The van der Waals surface area contributed by atoms with E-state index in [0.717, 1.165) is 38.2 Å². The first kappa shape index (κ1) is 35.0. The molecular weight excluding hydrogens is 649 g/mol. The van der Waals surface area contributed by atoms with Crippen molar-refractivity contribution in [3.63, 3.8) is 0 Å². The lowest BCUT2D eigenvalue weighted by Gasteiger charge is -2.28. The average Bonchev–Trinajstić information content (AvgIpc) is 3.37.